The first-order valence-corrected chi connectivity index (χ1v) is 7.78. The molecule has 0 aliphatic carbocycles. The van der Waals surface area contributed by atoms with Gasteiger partial charge in [-0.15, -0.1) is 0 Å². The SMILES string of the molecule is COc1cc(/C=C/C(=O)c2ccc3ccccc3c2)cc(OC)c1O. The number of rotatable bonds is 5. The van der Waals surface area contributed by atoms with E-state index in [4.69, 9.17) is 9.47 Å². The van der Waals surface area contributed by atoms with Gasteiger partial charge >= 0.3 is 0 Å². The molecule has 0 unspecified atom stereocenters. The third-order valence-corrected chi connectivity index (χ3v) is 3.96. The molecular weight excluding hydrogens is 316 g/mol. The molecule has 3 aromatic carbocycles. The zero-order chi connectivity index (χ0) is 17.8. The minimum absolute atomic E-state index is 0.0667. The quantitative estimate of drug-likeness (QED) is 0.553. The summed E-state index contributed by atoms with van der Waals surface area (Å²) in [6.45, 7) is 0. The van der Waals surface area contributed by atoms with E-state index < -0.39 is 0 Å². The maximum atomic E-state index is 12.4. The summed E-state index contributed by atoms with van der Waals surface area (Å²) in [5.74, 6) is 0.411. The van der Waals surface area contributed by atoms with Crippen LogP contribution in [0.3, 0.4) is 0 Å². The Balaban J connectivity index is 1.89. The summed E-state index contributed by atoms with van der Waals surface area (Å²) in [7, 11) is 2.92. The maximum Gasteiger partial charge on any atom is 0.200 e. The summed E-state index contributed by atoms with van der Waals surface area (Å²) in [6.07, 6.45) is 3.16. The van der Waals surface area contributed by atoms with Crippen molar-refractivity contribution in [2.24, 2.45) is 0 Å². The Kier molecular flexibility index (Phi) is 4.70. The van der Waals surface area contributed by atoms with Crippen LogP contribution < -0.4 is 9.47 Å². The zero-order valence-corrected chi connectivity index (χ0v) is 14.0. The largest absolute Gasteiger partial charge is 0.502 e. The Hall–Kier alpha value is -3.27. The van der Waals surface area contributed by atoms with E-state index in [9.17, 15) is 9.90 Å². The molecule has 1 N–H and O–H groups in total. The third kappa shape index (κ3) is 3.48. The van der Waals surface area contributed by atoms with Gasteiger partial charge in [-0.3, -0.25) is 4.79 Å². The molecule has 0 atom stereocenters. The van der Waals surface area contributed by atoms with Crippen LogP contribution in [0.2, 0.25) is 0 Å². The van der Waals surface area contributed by atoms with E-state index in [0.717, 1.165) is 10.8 Å². The number of allylic oxidation sites excluding steroid dienone is 1. The molecule has 3 rings (SSSR count). The van der Waals surface area contributed by atoms with Crippen molar-refractivity contribution < 1.29 is 19.4 Å². The van der Waals surface area contributed by atoms with Gasteiger partial charge in [-0.2, -0.15) is 0 Å². The van der Waals surface area contributed by atoms with Crippen molar-refractivity contribution in [3.8, 4) is 17.2 Å². The summed E-state index contributed by atoms with van der Waals surface area (Å²) in [5.41, 5.74) is 1.31. The van der Waals surface area contributed by atoms with E-state index >= 15 is 0 Å². The molecule has 25 heavy (non-hydrogen) atoms. The number of methoxy groups -OCH3 is 2. The molecule has 0 aliphatic heterocycles. The number of ketones is 1. The fourth-order valence-electron chi connectivity index (χ4n) is 2.62. The van der Waals surface area contributed by atoms with Crippen molar-refractivity contribution in [1.82, 2.24) is 0 Å². The molecule has 3 aromatic rings. The number of aromatic hydroxyl groups is 1. The molecule has 0 spiro atoms. The number of phenolic OH excluding ortho intramolecular Hbond substituents is 1. The smallest absolute Gasteiger partial charge is 0.200 e. The monoisotopic (exact) mass is 334 g/mol. The number of carbonyl (C=O) groups is 1. The van der Waals surface area contributed by atoms with Crippen molar-refractivity contribution in [2.75, 3.05) is 14.2 Å². The number of ether oxygens (including phenoxy) is 2. The van der Waals surface area contributed by atoms with Gasteiger partial charge in [0.2, 0.25) is 5.75 Å². The molecule has 0 aromatic heterocycles. The number of carbonyl (C=O) groups excluding carboxylic acids is 1. The van der Waals surface area contributed by atoms with Crippen LogP contribution in [0.1, 0.15) is 15.9 Å². The first-order valence-electron chi connectivity index (χ1n) is 7.78. The molecular formula is C21H18O4. The van der Waals surface area contributed by atoms with Gasteiger partial charge in [-0.25, -0.2) is 0 Å². The molecule has 0 heterocycles. The average Bonchev–Trinajstić information content (AvgIpc) is 2.66. The van der Waals surface area contributed by atoms with Gasteiger partial charge in [-0.05, 0) is 40.6 Å². The van der Waals surface area contributed by atoms with Gasteiger partial charge in [0, 0.05) is 5.56 Å². The standard InChI is InChI=1S/C21H18O4/c1-24-19-11-14(12-20(25-2)21(19)23)7-10-18(22)17-9-8-15-5-3-4-6-16(15)13-17/h3-13,23H,1-2H3/b10-7+. The predicted octanol–water partition coefficient (Wildman–Crippen LogP) is 4.46. The molecule has 0 radical (unpaired) electrons. The highest BCUT2D eigenvalue weighted by atomic mass is 16.5. The number of benzene rings is 3. The van der Waals surface area contributed by atoms with Crippen LogP contribution in [0.15, 0.2) is 60.7 Å². The van der Waals surface area contributed by atoms with E-state index in [1.165, 1.54) is 20.3 Å². The summed E-state index contributed by atoms with van der Waals surface area (Å²) in [5, 5.41) is 12.0. The van der Waals surface area contributed by atoms with Crippen LogP contribution >= 0.6 is 0 Å². The predicted molar refractivity (Wildman–Crippen MR) is 98.5 cm³/mol. The van der Waals surface area contributed by atoms with Gasteiger partial charge in [0.15, 0.2) is 17.3 Å². The lowest BCUT2D eigenvalue weighted by atomic mass is 10.0. The summed E-state index contributed by atoms with van der Waals surface area (Å²) in [4.78, 5) is 12.4. The van der Waals surface area contributed by atoms with Crippen LogP contribution in [0.25, 0.3) is 16.8 Å². The van der Waals surface area contributed by atoms with Gasteiger partial charge in [0.25, 0.3) is 0 Å². The Bertz CT molecular complexity index is 932. The van der Waals surface area contributed by atoms with E-state index in [-0.39, 0.29) is 23.0 Å². The van der Waals surface area contributed by atoms with Crippen molar-refractivity contribution >= 4 is 22.6 Å². The lowest BCUT2D eigenvalue weighted by Gasteiger charge is -2.09. The van der Waals surface area contributed by atoms with Crippen LogP contribution in [0.4, 0.5) is 0 Å². The number of hydrogen-bond donors (Lipinski definition) is 1. The van der Waals surface area contributed by atoms with Gasteiger partial charge in [-0.1, -0.05) is 42.5 Å². The Morgan fingerprint density at radius 1 is 0.920 bits per heavy atom. The molecule has 0 amide bonds. The van der Waals surface area contributed by atoms with E-state index in [1.54, 1.807) is 18.2 Å². The Labute approximate surface area is 145 Å². The second kappa shape index (κ2) is 7.09. The van der Waals surface area contributed by atoms with Crippen LogP contribution in [-0.2, 0) is 0 Å². The summed E-state index contributed by atoms with van der Waals surface area (Å²) < 4.78 is 10.2. The Morgan fingerprint density at radius 2 is 1.56 bits per heavy atom. The molecule has 0 fully saturated rings. The molecule has 0 aliphatic rings. The minimum atomic E-state index is -0.100. The topological polar surface area (TPSA) is 55.8 Å². The molecule has 0 bridgehead atoms. The highest BCUT2D eigenvalue weighted by Gasteiger charge is 2.10. The van der Waals surface area contributed by atoms with E-state index in [1.807, 2.05) is 42.5 Å². The van der Waals surface area contributed by atoms with Crippen molar-refractivity contribution in [3.05, 3.63) is 71.8 Å². The molecule has 4 heteroatoms. The lowest BCUT2D eigenvalue weighted by Crippen LogP contribution is -1.94. The van der Waals surface area contributed by atoms with Crippen LogP contribution in [-0.4, -0.2) is 25.1 Å². The third-order valence-electron chi connectivity index (χ3n) is 3.96. The summed E-state index contributed by atoms with van der Waals surface area (Å²) >= 11 is 0. The van der Waals surface area contributed by atoms with Crippen molar-refractivity contribution in [3.63, 3.8) is 0 Å². The number of fused-ring (bicyclic) bond motifs is 1. The first-order chi connectivity index (χ1) is 12.1. The second-order valence-electron chi connectivity index (χ2n) is 5.53. The average molecular weight is 334 g/mol. The highest BCUT2D eigenvalue weighted by Crippen LogP contribution is 2.37. The van der Waals surface area contributed by atoms with Crippen LogP contribution in [0.5, 0.6) is 17.2 Å². The Morgan fingerprint density at radius 3 is 2.20 bits per heavy atom. The molecule has 0 saturated carbocycles. The number of hydrogen-bond acceptors (Lipinski definition) is 4. The first kappa shape index (κ1) is 16.6. The van der Waals surface area contributed by atoms with Crippen LogP contribution in [0, 0.1) is 0 Å². The number of phenols is 1. The highest BCUT2D eigenvalue weighted by molar-refractivity contribution is 6.08. The van der Waals surface area contributed by atoms with E-state index in [0.29, 0.717) is 11.1 Å². The minimum Gasteiger partial charge on any atom is -0.502 e. The molecule has 4 nitrogen and oxygen atoms in total. The molecule has 126 valence electrons. The summed E-state index contributed by atoms with van der Waals surface area (Å²) in [6, 6.07) is 16.8. The van der Waals surface area contributed by atoms with Gasteiger partial charge < -0.3 is 14.6 Å². The lowest BCUT2D eigenvalue weighted by molar-refractivity contribution is 0.104. The zero-order valence-electron chi connectivity index (χ0n) is 14.0. The maximum absolute atomic E-state index is 12.4. The van der Waals surface area contributed by atoms with Gasteiger partial charge in [0.1, 0.15) is 0 Å². The second-order valence-corrected chi connectivity index (χ2v) is 5.53. The van der Waals surface area contributed by atoms with E-state index in [2.05, 4.69) is 0 Å². The van der Waals surface area contributed by atoms with Crippen molar-refractivity contribution in [2.45, 2.75) is 0 Å². The molecule has 0 saturated heterocycles. The fourth-order valence-corrected chi connectivity index (χ4v) is 2.62. The van der Waals surface area contributed by atoms with Crippen molar-refractivity contribution in [1.29, 1.82) is 0 Å². The normalized spacial score (nSPS) is 11.0. The fraction of sp³-hybridized carbons (Fsp3) is 0.0952. The van der Waals surface area contributed by atoms with Gasteiger partial charge in [0.05, 0.1) is 14.2 Å².